The average molecular weight is 401 g/mol. The molecule has 9 nitrogen and oxygen atoms in total. The maximum atomic E-state index is 12.4. The minimum Gasteiger partial charge on any atom is -0.497 e. The molecule has 3 N–H and O–H groups in total. The highest BCUT2D eigenvalue weighted by molar-refractivity contribution is 5.93. The van der Waals surface area contributed by atoms with Gasteiger partial charge in [-0.15, -0.1) is 0 Å². The first kappa shape index (κ1) is 21.8. The summed E-state index contributed by atoms with van der Waals surface area (Å²) >= 11 is 0. The topological polar surface area (TPSA) is 115 Å². The summed E-state index contributed by atoms with van der Waals surface area (Å²) < 4.78 is 5.08. The smallest absolute Gasteiger partial charge is 0.279 e. The van der Waals surface area contributed by atoms with Crippen LogP contribution in [0, 0.1) is 17.0 Å². The highest BCUT2D eigenvalue weighted by atomic mass is 16.6. The van der Waals surface area contributed by atoms with E-state index in [0.29, 0.717) is 29.2 Å². The quantitative estimate of drug-likeness (QED) is 0.434. The number of quaternary nitrogens is 1. The van der Waals surface area contributed by atoms with Crippen LogP contribution in [0.5, 0.6) is 5.75 Å². The van der Waals surface area contributed by atoms with Gasteiger partial charge in [-0.2, -0.15) is 0 Å². The number of carbonyl (C=O) groups is 2. The second-order valence-corrected chi connectivity index (χ2v) is 6.54. The SMILES string of the molecule is CC[NH+](CC(=O)Nc1ccc(OC)cc1)CC(=O)Nc1ccc([N+](=O)[O-])cc1C. The minimum atomic E-state index is -0.483. The number of benzene rings is 2. The van der Waals surface area contributed by atoms with Crippen molar-refractivity contribution in [1.82, 2.24) is 0 Å². The van der Waals surface area contributed by atoms with Crippen LogP contribution >= 0.6 is 0 Å². The van der Waals surface area contributed by atoms with Gasteiger partial charge >= 0.3 is 0 Å². The maximum absolute atomic E-state index is 12.4. The molecule has 0 aromatic heterocycles. The van der Waals surface area contributed by atoms with E-state index in [9.17, 15) is 19.7 Å². The van der Waals surface area contributed by atoms with Crippen LogP contribution in [-0.2, 0) is 9.59 Å². The van der Waals surface area contributed by atoms with E-state index >= 15 is 0 Å². The molecule has 0 saturated carbocycles. The summed E-state index contributed by atoms with van der Waals surface area (Å²) in [6.07, 6.45) is 0. The van der Waals surface area contributed by atoms with Crippen molar-refractivity contribution in [3.05, 3.63) is 58.1 Å². The van der Waals surface area contributed by atoms with Crippen LogP contribution < -0.4 is 20.3 Å². The molecular formula is C20H25N4O5+. The predicted molar refractivity (Wildman–Crippen MR) is 109 cm³/mol. The number of nitro benzene ring substituents is 1. The number of nitrogens with one attached hydrogen (secondary N) is 3. The number of ether oxygens (including phenoxy) is 1. The summed E-state index contributed by atoms with van der Waals surface area (Å²) in [5.74, 6) is 0.226. The van der Waals surface area contributed by atoms with E-state index in [0.717, 1.165) is 4.90 Å². The van der Waals surface area contributed by atoms with Gasteiger partial charge in [-0.05, 0) is 49.7 Å². The Morgan fingerprint density at radius 1 is 1.07 bits per heavy atom. The fourth-order valence-corrected chi connectivity index (χ4v) is 2.74. The first-order valence-electron chi connectivity index (χ1n) is 9.14. The highest BCUT2D eigenvalue weighted by Crippen LogP contribution is 2.20. The van der Waals surface area contributed by atoms with Gasteiger partial charge in [0.15, 0.2) is 13.1 Å². The lowest BCUT2D eigenvalue weighted by molar-refractivity contribution is -0.881. The molecule has 2 amide bonds. The Kier molecular flexibility index (Phi) is 7.67. The second-order valence-electron chi connectivity index (χ2n) is 6.54. The molecule has 0 fully saturated rings. The number of anilines is 2. The first-order valence-corrected chi connectivity index (χ1v) is 9.14. The fourth-order valence-electron chi connectivity index (χ4n) is 2.74. The molecule has 2 aromatic carbocycles. The molecule has 2 rings (SSSR count). The van der Waals surface area contributed by atoms with E-state index in [1.807, 2.05) is 6.92 Å². The zero-order valence-electron chi connectivity index (χ0n) is 16.7. The number of carbonyl (C=O) groups excluding carboxylic acids is 2. The normalized spacial score (nSPS) is 11.4. The zero-order valence-corrected chi connectivity index (χ0v) is 16.7. The lowest BCUT2D eigenvalue weighted by atomic mass is 10.2. The molecule has 0 heterocycles. The van der Waals surface area contributed by atoms with Crippen molar-refractivity contribution in [2.24, 2.45) is 0 Å². The van der Waals surface area contributed by atoms with Gasteiger partial charge in [0.2, 0.25) is 0 Å². The number of hydrogen-bond acceptors (Lipinski definition) is 5. The molecule has 0 radical (unpaired) electrons. The number of likely N-dealkylation sites (N-methyl/N-ethyl adjacent to an activating group) is 1. The average Bonchev–Trinajstić information content (AvgIpc) is 2.69. The lowest BCUT2D eigenvalue weighted by Crippen LogP contribution is -3.13. The van der Waals surface area contributed by atoms with Crippen molar-refractivity contribution < 1.29 is 24.1 Å². The lowest BCUT2D eigenvalue weighted by Gasteiger charge is -2.17. The van der Waals surface area contributed by atoms with E-state index in [2.05, 4.69) is 10.6 Å². The van der Waals surface area contributed by atoms with Gasteiger partial charge < -0.3 is 20.3 Å². The summed E-state index contributed by atoms with van der Waals surface area (Å²) in [5.41, 5.74) is 1.73. The summed E-state index contributed by atoms with van der Waals surface area (Å²) in [4.78, 5) is 35.7. The molecule has 0 aliphatic carbocycles. The molecule has 0 aliphatic rings. The molecule has 0 bridgehead atoms. The van der Waals surface area contributed by atoms with Gasteiger partial charge in [-0.25, -0.2) is 0 Å². The van der Waals surface area contributed by atoms with Crippen LogP contribution in [-0.4, -0.2) is 43.5 Å². The Balaban J connectivity index is 1.90. The Morgan fingerprint density at radius 3 is 2.21 bits per heavy atom. The van der Waals surface area contributed by atoms with E-state index < -0.39 is 4.92 Å². The molecule has 9 heteroatoms. The van der Waals surface area contributed by atoms with Crippen LogP contribution in [0.25, 0.3) is 0 Å². The Labute approximate surface area is 168 Å². The van der Waals surface area contributed by atoms with Gasteiger partial charge in [0.1, 0.15) is 5.75 Å². The molecule has 1 unspecified atom stereocenters. The number of nitrogens with zero attached hydrogens (tertiary/aromatic N) is 1. The number of nitro groups is 1. The standard InChI is InChI=1S/C20H24N4O5/c1-4-23(12-19(25)21-15-5-8-17(29-3)9-6-15)13-20(26)22-18-10-7-16(24(27)28)11-14(18)2/h5-11H,4,12-13H2,1-3H3,(H,21,25)(H,22,26)/p+1. The van der Waals surface area contributed by atoms with Gasteiger partial charge in [-0.3, -0.25) is 19.7 Å². The van der Waals surface area contributed by atoms with Gasteiger partial charge in [0.05, 0.1) is 18.6 Å². The van der Waals surface area contributed by atoms with Crippen molar-refractivity contribution in [2.45, 2.75) is 13.8 Å². The van der Waals surface area contributed by atoms with Crippen LogP contribution in [0.4, 0.5) is 17.1 Å². The summed E-state index contributed by atoms with van der Waals surface area (Å²) in [6, 6.07) is 11.2. The van der Waals surface area contributed by atoms with Crippen LogP contribution in [0.1, 0.15) is 12.5 Å². The van der Waals surface area contributed by atoms with Crippen molar-refractivity contribution in [3.63, 3.8) is 0 Å². The third-order valence-corrected chi connectivity index (χ3v) is 4.39. The summed E-state index contributed by atoms with van der Waals surface area (Å²) in [6.45, 7) is 4.40. The zero-order chi connectivity index (χ0) is 21.4. The van der Waals surface area contributed by atoms with Crippen LogP contribution in [0.15, 0.2) is 42.5 Å². The van der Waals surface area contributed by atoms with E-state index in [-0.39, 0.29) is 30.6 Å². The summed E-state index contributed by atoms with van der Waals surface area (Å²) in [5, 5.41) is 16.4. The molecule has 2 aromatic rings. The molecule has 0 spiro atoms. The van der Waals surface area contributed by atoms with Crippen molar-refractivity contribution >= 4 is 28.9 Å². The van der Waals surface area contributed by atoms with Gasteiger partial charge in [0, 0.05) is 23.5 Å². The Hall–Kier alpha value is -3.46. The van der Waals surface area contributed by atoms with Gasteiger partial charge in [0.25, 0.3) is 17.5 Å². The number of non-ortho nitro benzene ring substituents is 1. The van der Waals surface area contributed by atoms with E-state index in [1.165, 1.54) is 18.2 Å². The first-order chi connectivity index (χ1) is 13.8. The highest BCUT2D eigenvalue weighted by Gasteiger charge is 2.18. The Bertz CT molecular complexity index is 883. The monoisotopic (exact) mass is 401 g/mol. The van der Waals surface area contributed by atoms with E-state index in [1.54, 1.807) is 38.3 Å². The second kappa shape index (κ2) is 10.2. The van der Waals surface area contributed by atoms with Crippen molar-refractivity contribution in [2.75, 3.05) is 37.4 Å². The fraction of sp³-hybridized carbons (Fsp3) is 0.300. The molecule has 29 heavy (non-hydrogen) atoms. The Morgan fingerprint density at radius 2 is 1.69 bits per heavy atom. The number of hydrogen-bond donors (Lipinski definition) is 3. The van der Waals surface area contributed by atoms with Gasteiger partial charge in [-0.1, -0.05) is 0 Å². The molecule has 0 aliphatic heterocycles. The number of aryl methyl sites for hydroxylation is 1. The predicted octanol–water partition coefficient (Wildman–Crippen LogP) is 1.39. The molecule has 0 saturated heterocycles. The molecule has 1 atom stereocenters. The number of rotatable bonds is 9. The van der Waals surface area contributed by atoms with Crippen LogP contribution in [0.2, 0.25) is 0 Å². The summed E-state index contributed by atoms with van der Waals surface area (Å²) in [7, 11) is 1.57. The maximum Gasteiger partial charge on any atom is 0.279 e. The number of methoxy groups -OCH3 is 1. The molecule has 154 valence electrons. The van der Waals surface area contributed by atoms with Crippen molar-refractivity contribution in [1.29, 1.82) is 0 Å². The van der Waals surface area contributed by atoms with Crippen LogP contribution in [0.3, 0.4) is 0 Å². The molecular weight excluding hydrogens is 376 g/mol. The third kappa shape index (κ3) is 6.58. The minimum absolute atomic E-state index is 0.0310. The number of amides is 2. The third-order valence-electron chi connectivity index (χ3n) is 4.39. The van der Waals surface area contributed by atoms with Crippen molar-refractivity contribution in [3.8, 4) is 5.75 Å². The van der Waals surface area contributed by atoms with E-state index in [4.69, 9.17) is 4.74 Å². The largest absolute Gasteiger partial charge is 0.497 e.